The van der Waals surface area contributed by atoms with Crippen LogP contribution in [0, 0.1) is 11.3 Å². The minimum Gasteiger partial charge on any atom is -0.486 e. The molecule has 9 heteroatoms. The molecule has 2 atom stereocenters. The fourth-order valence-electron chi connectivity index (χ4n) is 3.95. The van der Waals surface area contributed by atoms with Gasteiger partial charge in [0.25, 0.3) is 11.8 Å². The lowest BCUT2D eigenvalue weighted by Crippen LogP contribution is -2.31. The van der Waals surface area contributed by atoms with Crippen LogP contribution in [0.4, 0.5) is 0 Å². The normalized spacial score (nSPS) is 22.4. The lowest BCUT2D eigenvalue weighted by Gasteiger charge is -2.22. The molecule has 1 saturated heterocycles. The van der Waals surface area contributed by atoms with Crippen molar-refractivity contribution >= 4 is 23.7 Å². The van der Waals surface area contributed by atoms with Gasteiger partial charge in [-0.05, 0) is 42.7 Å². The van der Waals surface area contributed by atoms with Crippen molar-refractivity contribution in [3.63, 3.8) is 0 Å². The maximum Gasteiger partial charge on any atom is 0.272 e. The van der Waals surface area contributed by atoms with Crippen LogP contribution in [0.25, 0.3) is 0 Å². The topological polar surface area (TPSA) is 120 Å². The van der Waals surface area contributed by atoms with Crippen molar-refractivity contribution in [2.45, 2.75) is 31.9 Å². The number of ether oxygens (including phenoxy) is 1. The van der Waals surface area contributed by atoms with E-state index in [9.17, 15) is 14.9 Å². The molecule has 0 aromatic carbocycles. The Labute approximate surface area is 186 Å². The van der Waals surface area contributed by atoms with Gasteiger partial charge >= 0.3 is 0 Å². The summed E-state index contributed by atoms with van der Waals surface area (Å²) in [6.45, 7) is 4.13. The van der Waals surface area contributed by atoms with Gasteiger partial charge in [0.05, 0.1) is 5.71 Å². The van der Waals surface area contributed by atoms with Crippen LogP contribution in [0.1, 0.15) is 35.9 Å². The first kappa shape index (κ1) is 21.6. The van der Waals surface area contributed by atoms with Crippen LogP contribution >= 0.6 is 0 Å². The van der Waals surface area contributed by atoms with Crippen LogP contribution in [0.2, 0.25) is 0 Å². The maximum atomic E-state index is 12.1. The molecule has 0 radical (unpaired) electrons. The third kappa shape index (κ3) is 4.50. The number of nitriles is 1. The van der Waals surface area contributed by atoms with E-state index in [-0.39, 0.29) is 35.3 Å². The Morgan fingerprint density at radius 2 is 2.25 bits per heavy atom. The first-order valence-electron chi connectivity index (χ1n) is 10.6. The van der Waals surface area contributed by atoms with Gasteiger partial charge in [0, 0.05) is 38.5 Å². The van der Waals surface area contributed by atoms with Crippen molar-refractivity contribution in [1.82, 2.24) is 15.2 Å². The van der Waals surface area contributed by atoms with Gasteiger partial charge in [-0.15, -0.1) is 0 Å². The Bertz CT molecular complexity index is 1110. The number of pyridine rings is 1. The molecule has 1 fully saturated rings. The standard InChI is InChI=1S/C23H24N6O3/c1-3-15-9-18-19(28-22(15)30)8-14(11-26-18)12-29-7-6-16(13-29)32-21-5-4-17(23(31)25-2)27-20(21)10-24/h4-5,8-9,11,16,18H,3,6-7,12-13H2,1-2H3,(H,25,31)/t16-,18?/m1/s1. The average molecular weight is 432 g/mol. The highest BCUT2D eigenvalue weighted by Gasteiger charge is 2.28. The van der Waals surface area contributed by atoms with E-state index >= 15 is 0 Å². The molecule has 0 spiro atoms. The highest BCUT2D eigenvalue weighted by Crippen LogP contribution is 2.23. The van der Waals surface area contributed by atoms with E-state index in [1.54, 1.807) is 12.1 Å². The summed E-state index contributed by atoms with van der Waals surface area (Å²) in [5.41, 5.74) is 2.67. The van der Waals surface area contributed by atoms with Gasteiger partial charge in [0.15, 0.2) is 11.4 Å². The zero-order valence-corrected chi connectivity index (χ0v) is 18.0. The fraction of sp³-hybridized carbons (Fsp3) is 0.391. The lowest BCUT2D eigenvalue weighted by molar-refractivity contribution is -0.114. The van der Waals surface area contributed by atoms with E-state index in [1.165, 1.54) is 7.05 Å². The van der Waals surface area contributed by atoms with E-state index in [1.807, 2.05) is 31.4 Å². The molecule has 1 aromatic heterocycles. The van der Waals surface area contributed by atoms with Crippen LogP contribution in [0.5, 0.6) is 5.75 Å². The summed E-state index contributed by atoms with van der Waals surface area (Å²) in [7, 11) is 1.51. The van der Waals surface area contributed by atoms with Crippen molar-refractivity contribution in [2.75, 3.05) is 26.7 Å². The fourth-order valence-corrected chi connectivity index (χ4v) is 3.95. The quantitative estimate of drug-likeness (QED) is 0.727. The number of amides is 2. The van der Waals surface area contributed by atoms with Crippen LogP contribution in [0.15, 0.2) is 45.4 Å². The van der Waals surface area contributed by atoms with E-state index in [4.69, 9.17) is 4.74 Å². The van der Waals surface area contributed by atoms with Crippen molar-refractivity contribution in [2.24, 2.45) is 9.98 Å². The summed E-state index contributed by atoms with van der Waals surface area (Å²) >= 11 is 0. The van der Waals surface area contributed by atoms with Crippen molar-refractivity contribution in [3.05, 3.63) is 46.8 Å². The molecule has 0 saturated carbocycles. The number of nitrogens with zero attached hydrogens (tertiary/aromatic N) is 5. The maximum absolute atomic E-state index is 12.1. The van der Waals surface area contributed by atoms with Gasteiger partial charge in [-0.2, -0.15) is 5.26 Å². The monoisotopic (exact) mass is 432 g/mol. The number of hydrogen-bond donors (Lipinski definition) is 1. The van der Waals surface area contributed by atoms with Gasteiger partial charge in [0.2, 0.25) is 0 Å². The Kier molecular flexibility index (Phi) is 6.23. The summed E-state index contributed by atoms with van der Waals surface area (Å²) in [6.07, 6.45) is 7.06. The molecule has 3 aliphatic rings. The Morgan fingerprint density at radius 3 is 3.00 bits per heavy atom. The third-order valence-corrected chi connectivity index (χ3v) is 5.64. The van der Waals surface area contributed by atoms with E-state index in [0.29, 0.717) is 36.5 Å². The number of carbonyl (C=O) groups excluding carboxylic acids is 2. The summed E-state index contributed by atoms with van der Waals surface area (Å²) in [5, 5.41) is 11.9. The zero-order chi connectivity index (χ0) is 22.7. The molecule has 2 amide bonds. The summed E-state index contributed by atoms with van der Waals surface area (Å²) in [4.78, 5) is 38.9. The number of dihydropyridines is 2. The van der Waals surface area contributed by atoms with E-state index in [2.05, 4.69) is 25.2 Å². The number of nitrogens with one attached hydrogen (secondary N) is 1. The number of fused-ring (bicyclic) bond motifs is 1. The SMILES string of the molecule is CCC1=CC2N=CC(CN3CC[C@@H](Oc4ccc(C(=O)NC)nc4C#N)C3)=CC2=NC1=O. The molecular weight excluding hydrogens is 408 g/mol. The second kappa shape index (κ2) is 9.24. The van der Waals surface area contributed by atoms with Gasteiger partial charge in [0.1, 0.15) is 23.9 Å². The summed E-state index contributed by atoms with van der Waals surface area (Å²) < 4.78 is 6.02. The summed E-state index contributed by atoms with van der Waals surface area (Å²) in [6, 6.07) is 5.00. The minimum absolute atomic E-state index is 0.0905. The Hall–Kier alpha value is -3.64. The number of rotatable bonds is 6. The molecule has 1 unspecified atom stereocenters. The number of aromatic nitrogens is 1. The Morgan fingerprint density at radius 1 is 1.41 bits per heavy atom. The molecule has 4 heterocycles. The van der Waals surface area contributed by atoms with Crippen molar-refractivity contribution in [1.29, 1.82) is 5.26 Å². The second-order valence-corrected chi connectivity index (χ2v) is 7.83. The minimum atomic E-state index is -0.351. The number of hydrogen-bond acceptors (Lipinski definition) is 7. The molecule has 9 nitrogen and oxygen atoms in total. The van der Waals surface area contributed by atoms with Gasteiger partial charge in [-0.3, -0.25) is 19.5 Å². The van der Waals surface area contributed by atoms with Gasteiger partial charge in [-0.1, -0.05) is 6.92 Å². The average Bonchev–Trinajstić information content (AvgIpc) is 3.24. The molecule has 0 aliphatic carbocycles. The molecule has 164 valence electrons. The van der Waals surface area contributed by atoms with Crippen molar-refractivity contribution < 1.29 is 14.3 Å². The first-order valence-corrected chi connectivity index (χ1v) is 10.6. The molecule has 32 heavy (non-hydrogen) atoms. The largest absolute Gasteiger partial charge is 0.486 e. The van der Waals surface area contributed by atoms with Crippen molar-refractivity contribution in [3.8, 4) is 11.8 Å². The molecule has 3 aliphatic heterocycles. The number of carbonyl (C=O) groups is 2. The predicted octanol–water partition coefficient (Wildman–Crippen LogP) is 1.46. The predicted molar refractivity (Wildman–Crippen MR) is 119 cm³/mol. The number of aliphatic imine (C=N–C) groups is 2. The van der Waals surface area contributed by atoms with Gasteiger partial charge in [-0.25, -0.2) is 9.98 Å². The Balaban J connectivity index is 1.37. The van der Waals surface area contributed by atoms with Crippen LogP contribution in [0.3, 0.4) is 0 Å². The lowest BCUT2D eigenvalue weighted by atomic mass is 9.98. The van der Waals surface area contributed by atoms with E-state index in [0.717, 1.165) is 18.5 Å². The van der Waals surface area contributed by atoms with Gasteiger partial charge < -0.3 is 10.1 Å². The molecule has 4 rings (SSSR count). The second-order valence-electron chi connectivity index (χ2n) is 7.83. The highest BCUT2D eigenvalue weighted by atomic mass is 16.5. The summed E-state index contributed by atoms with van der Waals surface area (Å²) in [5.74, 6) is -0.150. The first-order chi connectivity index (χ1) is 15.5. The van der Waals surface area contributed by atoms with E-state index < -0.39 is 0 Å². The molecule has 0 bridgehead atoms. The molecule has 1 aromatic rings. The molecule has 1 N–H and O–H groups in total. The highest BCUT2D eigenvalue weighted by molar-refractivity contribution is 6.16. The smallest absolute Gasteiger partial charge is 0.272 e. The van der Waals surface area contributed by atoms with Crippen LogP contribution < -0.4 is 10.1 Å². The number of likely N-dealkylation sites (tertiary alicyclic amines) is 1. The zero-order valence-electron chi connectivity index (χ0n) is 18.0. The molecular formula is C23H24N6O3. The third-order valence-electron chi connectivity index (χ3n) is 5.64. The van der Waals surface area contributed by atoms with Crippen LogP contribution in [-0.2, 0) is 4.79 Å². The van der Waals surface area contributed by atoms with Crippen LogP contribution in [-0.4, -0.2) is 72.5 Å².